The van der Waals surface area contributed by atoms with Crippen LogP contribution in [-0.2, 0) is 0 Å². The summed E-state index contributed by atoms with van der Waals surface area (Å²) in [5.41, 5.74) is 0.900. The van der Waals surface area contributed by atoms with Gasteiger partial charge in [0, 0.05) is 25.7 Å². The van der Waals surface area contributed by atoms with Crippen LogP contribution in [0.15, 0.2) is 18.6 Å². The maximum atomic E-state index is 8.64. The van der Waals surface area contributed by atoms with E-state index in [0.717, 1.165) is 49.2 Å². The number of fused-ring (bicyclic) bond motifs is 1. The van der Waals surface area contributed by atoms with E-state index in [9.17, 15) is 0 Å². The minimum Gasteiger partial charge on any atom is -0.356 e. The molecule has 5 heteroatoms. The lowest BCUT2D eigenvalue weighted by atomic mass is 9.92. The fourth-order valence-electron chi connectivity index (χ4n) is 2.81. The second kappa shape index (κ2) is 5.27. The number of aromatic amines is 1. The van der Waals surface area contributed by atoms with Crippen molar-refractivity contribution >= 4 is 16.9 Å². The third-order valence-corrected chi connectivity index (χ3v) is 3.91. The lowest BCUT2D eigenvalue weighted by Crippen LogP contribution is -2.34. The third-order valence-electron chi connectivity index (χ3n) is 3.91. The van der Waals surface area contributed by atoms with E-state index in [1.54, 1.807) is 6.33 Å². The molecule has 5 nitrogen and oxygen atoms in total. The third kappa shape index (κ3) is 2.39. The highest BCUT2D eigenvalue weighted by molar-refractivity contribution is 5.87. The molecule has 2 aromatic rings. The quantitative estimate of drug-likeness (QED) is 0.914. The number of nitriles is 1. The second-order valence-electron chi connectivity index (χ2n) is 5.06. The Morgan fingerprint density at radius 2 is 2.21 bits per heavy atom. The van der Waals surface area contributed by atoms with Gasteiger partial charge in [0.15, 0.2) is 0 Å². The number of nitrogens with one attached hydrogen (secondary N) is 1. The largest absolute Gasteiger partial charge is 0.356 e. The highest BCUT2D eigenvalue weighted by Crippen LogP contribution is 2.28. The van der Waals surface area contributed by atoms with Crippen molar-refractivity contribution in [2.45, 2.75) is 25.7 Å². The molecule has 3 heterocycles. The van der Waals surface area contributed by atoms with E-state index in [4.69, 9.17) is 5.26 Å². The standard InChI is InChI=1S/C14H17N5/c15-6-1-2-11-4-8-19(9-5-11)14-12-3-7-16-13(12)17-10-18-14/h3,7,10-11H,1-2,4-5,8-9H2,(H,16,17,18). The smallest absolute Gasteiger partial charge is 0.142 e. The number of piperidine rings is 1. The Bertz CT molecular complexity index is 589. The molecule has 0 bridgehead atoms. The molecule has 1 fully saturated rings. The number of hydrogen-bond donors (Lipinski definition) is 1. The van der Waals surface area contributed by atoms with Gasteiger partial charge in [-0.1, -0.05) is 0 Å². The van der Waals surface area contributed by atoms with Gasteiger partial charge in [-0.15, -0.1) is 0 Å². The Kier molecular flexibility index (Phi) is 3.32. The Morgan fingerprint density at radius 1 is 1.37 bits per heavy atom. The molecular weight excluding hydrogens is 238 g/mol. The second-order valence-corrected chi connectivity index (χ2v) is 5.06. The predicted octanol–water partition coefficient (Wildman–Crippen LogP) is 2.48. The fraction of sp³-hybridized carbons (Fsp3) is 0.500. The molecule has 0 aliphatic carbocycles. The summed E-state index contributed by atoms with van der Waals surface area (Å²) in [4.78, 5) is 14.1. The van der Waals surface area contributed by atoms with Crippen LogP contribution in [0.25, 0.3) is 11.0 Å². The van der Waals surface area contributed by atoms with Crippen LogP contribution in [0.2, 0.25) is 0 Å². The lowest BCUT2D eigenvalue weighted by Gasteiger charge is -2.32. The molecule has 0 radical (unpaired) electrons. The fourth-order valence-corrected chi connectivity index (χ4v) is 2.81. The molecule has 1 aliphatic heterocycles. The summed E-state index contributed by atoms with van der Waals surface area (Å²) in [6, 6.07) is 4.27. The Labute approximate surface area is 112 Å². The van der Waals surface area contributed by atoms with Crippen molar-refractivity contribution in [2.24, 2.45) is 5.92 Å². The maximum Gasteiger partial charge on any atom is 0.142 e. The lowest BCUT2D eigenvalue weighted by molar-refractivity contribution is 0.384. The highest BCUT2D eigenvalue weighted by atomic mass is 15.2. The molecule has 0 unspecified atom stereocenters. The van der Waals surface area contributed by atoms with E-state index in [1.165, 1.54) is 0 Å². The molecule has 1 N–H and O–H groups in total. The monoisotopic (exact) mass is 255 g/mol. The van der Waals surface area contributed by atoms with Gasteiger partial charge in [-0.05, 0) is 31.2 Å². The molecule has 0 amide bonds. The molecule has 0 atom stereocenters. The molecule has 1 aliphatic rings. The van der Waals surface area contributed by atoms with Crippen molar-refractivity contribution in [1.29, 1.82) is 5.26 Å². The first-order chi connectivity index (χ1) is 9.38. The van der Waals surface area contributed by atoms with Crippen LogP contribution in [-0.4, -0.2) is 28.0 Å². The zero-order chi connectivity index (χ0) is 13.1. The zero-order valence-corrected chi connectivity index (χ0v) is 10.8. The molecule has 19 heavy (non-hydrogen) atoms. The highest BCUT2D eigenvalue weighted by Gasteiger charge is 2.21. The maximum absolute atomic E-state index is 8.64. The van der Waals surface area contributed by atoms with Crippen molar-refractivity contribution in [1.82, 2.24) is 15.0 Å². The number of anilines is 1. The Hall–Kier alpha value is -2.09. The summed E-state index contributed by atoms with van der Waals surface area (Å²) in [6.45, 7) is 2.04. The number of aromatic nitrogens is 3. The van der Waals surface area contributed by atoms with Gasteiger partial charge in [-0.2, -0.15) is 5.26 Å². The number of nitrogens with zero attached hydrogens (tertiary/aromatic N) is 4. The van der Waals surface area contributed by atoms with Crippen LogP contribution < -0.4 is 4.90 Å². The van der Waals surface area contributed by atoms with Crippen molar-refractivity contribution in [3.8, 4) is 6.07 Å². The molecule has 0 spiro atoms. The summed E-state index contributed by atoms with van der Waals surface area (Å²) in [6.07, 6.45) is 7.54. The number of rotatable bonds is 3. The van der Waals surface area contributed by atoms with Crippen molar-refractivity contribution in [3.63, 3.8) is 0 Å². The van der Waals surface area contributed by atoms with Gasteiger partial charge in [0.1, 0.15) is 17.8 Å². The van der Waals surface area contributed by atoms with Gasteiger partial charge in [0.05, 0.1) is 11.5 Å². The predicted molar refractivity (Wildman–Crippen MR) is 73.7 cm³/mol. The molecule has 0 aromatic carbocycles. The van der Waals surface area contributed by atoms with E-state index in [1.807, 2.05) is 12.3 Å². The first-order valence-corrected chi connectivity index (χ1v) is 6.78. The molecule has 1 saturated heterocycles. The summed E-state index contributed by atoms with van der Waals surface area (Å²) < 4.78 is 0. The van der Waals surface area contributed by atoms with E-state index in [0.29, 0.717) is 12.3 Å². The first-order valence-electron chi connectivity index (χ1n) is 6.78. The Morgan fingerprint density at radius 3 is 3.00 bits per heavy atom. The Balaban J connectivity index is 1.72. The van der Waals surface area contributed by atoms with Gasteiger partial charge in [0.2, 0.25) is 0 Å². The zero-order valence-electron chi connectivity index (χ0n) is 10.8. The van der Waals surface area contributed by atoms with Crippen molar-refractivity contribution < 1.29 is 0 Å². The normalized spacial score (nSPS) is 16.7. The van der Waals surface area contributed by atoms with Gasteiger partial charge in [-0.25, -0.2) is 9.97 Å². The topological polar surface area (TPSA) is 68.6 Å². The molecule has 3 rings (SSSR count). The van der Waals surface area contributed by atoms with E-state index >= 15 is 0 Å². The average molecular weight is 255 g/mol. The molecule has 2 aromatic heterocycles. The summed E-state index contributed by atoms with van der Waals surface area (Å²) >= 11 is 0. The molecule has 0 saturated carbocycles. The van der Waals surface area contributed by atoms with Crippen LogP contribution in [0, 0.1) is 17.2 Å². The van der Waals surface area contributed by atoms with Gasteiger partial charge in [-0.3, -0.25) is 0 Å². The van der Waals surface area contributed by atoms with E-state index in [-0.39, 0.29) is 0 Å². The van der Waals surface area contributed by atoms with Gasteiger partial charge < -0.3 is 9.88 Å². The first kappa shape index (κ1) is 12.0. The number of H-pyrrole nitrogens is 1. The minimum absolute atomic E-state index is 0.681. The van der Waals surface area contributed by atoms with Gasteiger partial charge >= 0.3 is 0 Å². The van der Waals surface area contributed by atoms with E-state index in [2.05, 4.69) is 25.9 Å². The average Bonchev–Trinajstić information content (AvgIpc) is 2.94. The van der Waals surface area contributed by atoms with Gasteiger partial charge in [0.25, 0.3) is 0 Å². The van der Waals surface area contributed by atoms with Crippen molar-refractivity contribution in [3.05, 3.63) is 18.6 Å². The van der Waals surface area contributed by atoms with Crippen LogP contribution in [0.5, 0.6) is 0 Å². The molecule has 98 valence electrons. The van der Waals surface area contributed by atoms with Crippen molar-refractivity contribution in [2.75, 3.05) is 18.0 Å². The summed E-state index contributed by atoms with van der Waals surface area (Å²) in [7, 11) is 0. The van der Waals surface area contributed by atoms with Crippen LogP contribution in [0.4, 0.5) is 5.82 Å². The number of hydrogen-bond acceptors (Lipinski definition) is 4. The SMILES string of the molecule is N#CCCC1CCN(c2ncnc3[nH]ccc23)CC1. The van der Waals surface area contributed by atoms with E-state index < -0.39 is 0 Å². The summed E-state index contributed by atoms with van der Waals surface area (Å²) in [5.74, 6) is 1.73. The van der Waals surface area contributed by atoms with Crippen LogP contribution in [0.3, 0.4) is 0 Å². The van der Waals surface area contributed by atoms with Crippen LogP contribution in [0.1, 0.15) is 25.7 Å². The summed E-state index contributed by atoms with van der Waals surface area (Å²) in [5, 5.41) is 9.74. The molecular formula is C14H17N5. The van der Waals surface area contributed by atoms with Crippen LogP contribution >= 0.6 is 0 Å². The minimum atomic E-state index is 0.681.